The molecule has 1 aromatic heterocycles. The Morgan fingerprint density at radius 1 is 1.25 bits per heavy atom. The summed E-state index contributed by atoms with van der Waals surface area (Å²) in [5.41, 5.74) is 2.71. The van der Waals surface area contributed by atoms with Crippen LogP contribution >= 0.6 is 0 Å². The Hall–Kier alpha value is -2.63. The van der Waals surface area contributed by atoms with Crippen LogP contribution in [0.4, 0.5) is 5.69 Å². The van der Waals surface area contributed by atoms with E-state index in [-0.39, 0.29) is 17.8 Å². The van der Waals surface area contributed by atoms with Crippen molar-refractivity contribution in [1.82, 2.24) is 9.78 Å². The van der Waals surface area contributed by atoms with E-state index in [9.17, 15) is 9.59 Å². The molecule has 1 unspecified atom stereocenters. The zero-order valence-electron chi connectivity index (χ0n) is 14.5. The molecule has 0 spiro atoms. The zero-order valence-corrected chi connectivity index (χ0v) is 14.5. The van der Waals surface area contributed by atoms with Gasteiger partial charge in [-0.05, 0) is 44.5 Å². The number of aromatic nitrogens is 2. The Bertz CT molecular complexity index is 720. The maximum Gasteiger partial charge on any atom is 0.341 e. The molecule has 0 saturated heterocycles. The molecule has 0 aliphatic heterocycles. The van der Waals surface area contributed by atoms with Crippen LogP contribution in [0.5, 0.6) is 0 Å². The molecule has 0 aliphatic rings. The number of nitrogens with zero attached hydrogens (tertiary/aromatic N) is 2. The van der Waals surface area contributed by atoms with Crippen LogP contribution in [0.1, 0.15) is 43.2 Å². The van der Waals surface area contributed by atoms with E-state index in [1.54, 1.807) is 11.6 Å². The third kappa shape index (κ3) is 3.82. The highest BCUT2D eigenvalue weighted by Gasteiger charge is 2.16. The van der Waals surface area contributed by atoms with Crippen molar-refractivity contribution >= 4 is 17.6 Å². The summed E-state index contributed by atoms with van der Waals surface area (Å²) in [7, 11) is 0. The summed E-state index contributed by atoms with van der Waals surface area (Å²) in [6.07, 6.45) is 2.30. The number of hydrogen-bond donors (Lipinski definition) is 1. The van der Waals surface area contributed by atoms with Crippen LogP contribution in [0, 0.1) is 12.8 Å². The summed E-state index contributed by atoms with van der Waals surface area (Å²) in [4.78, 5) is 23.8. The number of carbonyl (C=O) groups excluding carboxylic acids is 2. The van der Waals surface area contributed by atoms with Gasteiger partial charge in [-0.2, -0.15) is 5.10 Å². The molecule has 0 fully saturated rings. The highest BCUT2D eigenvalue weighted by Crippen LogP contribution is 2.18. The molecule has 2 aromatic rings. The molecule has 1 heterocycles. The Morgan fingerprint density at radius 2 is 1.92 bits per heavy atom. The molecule has 6 heteroatoms. The topological polar surface area (TPSA) is 73.2 Å². The van der Waals surface area contributed by atoms with Gasteiger partial charge in [-0.25, -0.2) is 9.48 Å². The van der Waals surface area contributed by atoms with Gasteiger partial charge in [0.2, 0.25) is 5.91 Å². The van der Waals surface area contributed by atoms with Crippen LogP contribution in [0.25, 0.3) is 5.69 Å². The second-order valence-electron chi connectivity index (χ2n) is 5.62. The lowest BCUT2D eigenvalue weighted by molar-refractivity contribution is -0.119. The smallest absolute Gasteiger partial charge is 0.341 e. The first-order chi connectivity index (χ1) is 11.5. The molecule has 2 rings (SSSR count). The number of anilines is 1. The minimum absolute atomic E-state index is 0.00474. The van der Waals surface area contributed by atoms with Crippen LogP contribution in [-0.2, 0) is 9.53 Å². The summed E-state index contributed by atoms with van der Waals surface area (Å²) < 4.78 is 6.69. The number of nitrogens with one attached hydrogen (secondary N) is 1. The molecule has 0 bridgehead atoms. The van der Waals surface area contributed by atoms with Crippen LogP contribution in [0.15, 0.2) is 30.5 Å². The Kier molecular flexibility index (Phi) is 5.73. The third-order valence-electron chi connectivity index (χ3n) is 3.94. The van der Waals surface area contributed by atoms with E-state index in [0.29, 0.717) is 17.9 Å². The molecule has 1 amide bonds. The maximum atomic E-state index is 11.9. The van der Waals surface area contributed by atoms with Crippen molar-refractivity contribution in [3.05, 3.63) is 41.7 Å². The summed E-state index contributed by atoms with van der Waals surface area (Å²) in [5, 5.41) is 7.13. The van der Waals surface area contributed by atoms with Crippen molar-refractivity contribution in [1.29, 1.82) is 0 Å². The molecule has 0 aliphatic carbocycles. The number of esters is 1. The minimum Gasteiger partial charge on any atom is -0.462 e. The van der Waals surface area contributed by atoms with Gasteiger partial charge in [-0.15, -0.1) is 0 Å². The van der Waals surface area contributed by atoms with Gasteiger partial charge < -0.3 is 10.1 Å². The van der Waals surface area contributed by atoms with E-state index in [1.807, 2.05) is 45.0 Å². The number of rotatable bonds is 6. The van der Waals surface area contributed by atoms with Crippen LogP contribution in [0.2, 0.25) is 0 Å². The fourth-order valence-electron chi connectivity index (χ4n) is 2.22. The highest BCUT2D eigenvalue weighted by atomic mass is 16.5. The average Bonchev–Trinajstić information content (AvgIpc) is 2.96. The maximum absolute atomic E-state index is 11.9. The van der Waals surface area contributed by atoms with Gasteiger partial charge in [-0.3, -0.25) is 4.79 Å². The lowest BCUT2D eigenvalue weighted by atomic mass is 10.1. The van der Waals surface area contributed by atoms with Crippen LogP contribution in [-0.4, -0.2) is 28.3 Å². The van der Waals surface area contributed by atoms with Crippen LogP contribution in [0.3, 0.4) is 0 Å². The van der Waals surface area contributed by atoms with E-state index in [1.165, 1.54) is 6.20 Å². The number of carbonyl (C=O) groups is 2. The van der Waals surface area contributed by atoms with Gasteiger partial charge in [-0.1, -0.05) is 13.8 Å². The Balaban J connectivity index is 2.17. The van der Waals surface area contributed by atoms with Crippen LogP contribution < -0.4 is 5.32 Å². The van der Waals surface area contributed by atoms with E-state index in [2.05, 4.69) is 10.4 Å². The Labute approximate surface area is 141 Å². The zero-order chi connectivity index (χ0) is 17.7. The van der Waals surface area contributed by atoms with Crippen molar-refractivity contribution in [2.75, 3.05) is 11.9 Å². The summed E-state index contributed by atoms with van der Waals surface area (Å²) in [5.74, 6) is -0.394. The van der Waals surface area contributed by atoms with Gasteiger partial charge in [0.15, 0.2) is 0 Å². The first-order valence-electron chi connectivity index (χ1n) is 8.10. The second-order valence-corrected chi connectivity index (χ2v) is 5.62. The molecule has 128 valence electrons. The molecular weight excluding hydrogens is 306 g/mol. The van der Waals surface area contributed by atoms with Gasteiger partial charge in [0.05, 0.1) is 24.2 Å². The fraction of sp³-hybridized carbons (Fsp3) is 0.389. The lowest BCUT2D eigenvalue weighted by Gasteiger charge is -2.11. The second kappa shape index (κ2) is 7.77. The molecule has 0 radical (unpaired) electrons. The molecule has 0 saturated carbocycles. The summed E-state index contributed by atoms with van der Waals surface area (Å²) >= 11 is 0. The summed E-state index contributed by atoms with van der Waals surface area (Å²) in [6, 6.07) is 7.34. The number of amides is 1. The molecular formula is C18H23N3O3. The van der Waals surface area contributed by atoms with Crippen molar-refractivity contribution < 1.29 is 14.3 Å². The molecule has 1 atom stereocenters. The molecule has 24 heavy (non-hydrogen) atoms. The van der Waals surface area contributed by atoms with Crippen molar-refractivity contribution in [3.8, 4) is 5.69 Å². The molecule has 6 nitrogen and oxygen atoms in total. The molecule has 1 N–H and O–H groups in total. The fourth-order valence-corrected chi connectivity index (χ4v) is 2.22. The number of ether oxygens (including phenoxy) is 1. The van der Waals surface area contributed by atoms with E-state index in [4.69, 9.17) is 4.74 Å². The largest absolute Gasteiger partial charge is 0.462 e. The first-order valence-corrected chi connectivity index (χ1v) is 8.10. The van der Waals surface area contributed by atoms with Gasteiger partial charge in [0.1, 0.15) is 5.56 Å². The van der Waals surface area contributed by atoms with Gasteiger partial charge in [0, 0.05) is 11.6 Å². The Morgan fingerprint density at radius 3 is 2.50 bits per heavy atom. The highest BCUT2D eigenvalue weighted by molar-refractivity contribution is 5.92. The van der Waals surface area contributed by atoms with Crippen molar-refractivity contribution in [2.24, 2.45) is 5.92 Å². The predicted molar refractivity (Wildman–Crippen MR) is 92.3 cm³/mol. The van der Waals surface area contributed by atoms with Gasteiger partial charge in [0.25, 0.3) is 0 Å². The minimum atomic E-state index is -0.376. The SMILES string of the molecule is CCOC(=O)c1cnn(-c2ccc(NC(=O)C(C)CC)cc2)c1C. The lowest BCUT2D eigenvalue weighted by Crippen LogP contribution is -2.19. The van der Waals surface area contributed by atoms with E-state index < -0.39 is 0 Å². The molecule has 1 aromatic carbocycles. The monoisotopic (exact) mass is 329 g/mol. The first kappa shape index (κ1) is 17.7. The van der Waals surface area contributed by atoms with Crippen molar-refractivity contribution in [3.63, 3.8) is 0 Å². The predicted octanol–water partition coefficient (Wildman–Crippen LogP) is 3.34. The normalized spacial score (nSPS) is 11.8. The number of benzene rings is 1. The van der Waals surface area contributed by atoms with E-state index >= 15 is 0 Å². The van der Waals surface area contributed by atoms with Gasteiger partial charge >= 0.3 is 5.97 Å². The van der Waals surface area contributed by atoms with Crippen molar-refractivity contribution in [2.45, 2.75) is 34.1 Å². The quantitative estimate of drug-likeness (QED) is 0.825. The number of hydrogen-bond acceptors (Lipinski definition) is 4. The third-order valence-corrected chi connectivity index (χ3v) is 3.94. The summed E-state index contributed by atoms with van der Waals surface area (Å²) in [6.45, 7) is 7.79. The van der Waals surface area contributed by atoms with E-state index in [0.717, 1.165) is 17.8 Å². The average molecular weight is 329 g/mol. The standard InChI is InChI=1S/C18H23N3O3/c1-5-12(3)17(22)20-14-7-9-15(10-8-14)21-13(4)16(11-19-21)18(23)24-6-2/h7-12H,5-6H2,1-4H3,(H,20,22).